The Morgan fingerprint density at radius 3 is 2.65 bits per heavy atom. The van der Waals surface area contributed by atoms with E-state index in [1.807, 2.05) is 14.0 Å². The van der Waals surface area contributed by atoms with Crippen LogP contribution in [-0.4, -0.2) is 60.3 Å². The summed E-state index contributed by atoms with van der Waals surface area (Å²) in [5.74, 6) is 0. The van der Waals surface area contributed by atoms with Crippen LogP contribution in [0, 0.1) is 0 Å². The number of pyridine rings is 1. The lowest BCUT2D eigenvalue weighted by molar-refractivity contribution is 0.170. The predicted molar refractivity (Wildman–Crippen MR) is 81.0 cm³/mol. The van der Waals surface area contributed by atoms with Crippen molar-refractivity contribution in [2.75, 3.05) is 26.7 Å². The Morgan fingerprint density at radius 2 is 2.15 bits per heavy atom. The number of thiocarbonyl (C=S) groups is 1. The number of hydrogen-bond acceptors (Lipinski definition) is 5. The average molecular weight is 314 g/mol. The number of sulfonamides is 1. The minimum absolute atomic E-state index is 0.0611. The third kappa shape index (κ3) is 2.98. The summed E-state index contributed by atoms with van der Waals surface area (Å²) in [6, 6.07) is 2.98. The maximum absolute atomic E-state index is 12.6. The first-order chi connectivity index (χ1) is 9.32. The molecule has 2 rings (SSSR count). The van der Waals surface area contributed by atoms with E-state index >= 15 is 0 Å². The zero-order valence-electron chi connectivity index (χ0n) is 11.5. The second-order valence-corrected chi connectivity index (χ2v) is 7.30. The standard InChI is InChI=1S/C12H18N4O2S2/c1-9-8-15(2)5-6-16(9)20(17,18)10-3-4-11(12(13)19)14-7-10/h3-4,7,9H,5-6,8H2,1-2H3,(H2,13,19). The number of piperazine rings is 1. The van der Waals surface area contributed by atoms with E-state index in [0.717, 1.165) is 13.1 Å². The van der Waals surface area contributed by atoms with Gasteiger partial charge >= 0.3 is 0 Å². The van der Waals surface area contributed by atoms with Gasteiger partial charge in [-0.3, -0.25) is 4.98 Å². The van der Waals surface area contributed by atoms with Crippen molar-refractivity contribution in [3.8, 4) is 0 Å². The molecule has 1 aliphatic rings. The Morgan fingerprint density at radius 1 is 1.45 bits per heavy atom. The molecular weight excluding hydrogens is 296 g/mol. The molecule has 1 aromatic rings. The fraction of sp³-hybridized carbons (Fsp3) is 0.500. The molecule has 20 heavy (non-hydrogen) atoms. The molecule has 2 heterocycles. The van der Waals surface area contributed by atoms with Gasteiger partial charge in [0.1, 0.15) is 9.88 Å². The summed E-state index contributed by atoms with van der Waals surface area (Å²) in [5, 5.41) is 0. The monoisotopic (exact) mass is 314 g/mol. The van der Waals surface area contributed by atoms with E-state index < -0.39 is 10.0 Å². The van der Waals surface area contributed by atoms with Crippen molar-refractivity contribution in [3.63, 3.8) is 0 Å². The van der Waals surface area contributed by atoms with Gasteiger partial charge in [-0.2, -0.15) is 4.31 Å². The van der Waals surface area contributed by atoms with E-state index in [9.17, 15) is 8.42 Å². The normalized spacial score (nSPS) is 21.8. The molecule has 110 valence electrons. The fourth-order valence-corrected chi connectivity index (χ4v) is 3.97. The maximum atomic E-state index is 12.6. The van der Waals surface area contributed by atoms with Crippen LogP contribution in [0.25, 0.3) is 0 Å². The van der Waals surface area contributed by atoms with E-state index in [4.69, 9.17) is 18.0 Å². The summed E-state index contributed by atoms with van der Waals surface area (Å²) < 4.78 is 26.7. The van der Waals surface area contributed by atoms with Gasteiger partial charge in [-0.05, 0) is 26.1 Å². The topological polar surface area (TPSA) is 79.5 Å². The second-order valence-electron chi connectivity index (χ2n) is 4.97. The van der Waals surface area contributed by atoms with Gasteiger partial charge in [-0.25, -0.2) is 8.42 Å². The third-order valence-corrected chi connectivity index (χ3v) is 5.57. The number of nitrogens with zero attached hydrogens (tertiary/aromatic N) is 3. The van der Waals surface area contributed by atoms with E-state index in [0.29, 0.717) is 12.2 Å². The van der Waals surface area contributed by atoms with Gasteiger partial charge in [-0.1, -0.05) is 12.2 Å². The lowest BCUT2D eigenvalue weighted by Gasteiger charge is -2.37. The highest BCUT2D eigenvalue weighted by atomic mass is 32.2. The highest BCUT2D eigenvalue weighted by Crippen LogP contribution is 2.20. The minimum Gasteiger partial charge on any atom is -0.388 e. The van der Waals surface area contributed by atoms with Gasteiger partial charge < -0.3 is 10.6 Å². The molecule has 2 N–H and O–H groups in total. The van der Waals surface area contributed by atoms with Crippen molar-refractivity contribution in [3.05, 3.63) is 24.0 Å². The first-order valence-corrected chi connectivity index (χ1v) is 8.13. The predicted octanol–water partition coefficient (Wildman–Crippen LogP) is 0.0404. The molecule has 0 amide bonds. The van der Waals surface area contributed by atoms with Gasteiger partial charge in [0.05, 0.1) is 5.69 Å². The molecule has 1 atom stereocenters. The molecule has 8 heteroatoms. The zero-order valence-corrected chi connectivity index (χ0v) is 13.1. The van der Waals surface area contributed by atoms with Crippen molar-refractivity contribution < 1.29 is 8.42 Å². The molecule has 0 bridgehead atoms. The van der Waals surface area contributed by atoms with Crippen molar-refractivity contribution in [1.82, 2.24) is 14.2 Å². The van der Waals surface area contributed by atoms with E-state index in [2.05, 4.69) is 9.88 Å². The Hall–Kier alpha value is -1.09. The van der Waals surface area contributed by atoms with Gasteiger partial charge in [-0.15, -0.1) is 0 Å². The average Bonchev–Trinajstić information content (AvgIpc) is 2.38. The van der Waals surface area contributed by atoms with Gasteiger partial charge in [0.2, 0.25) is 10.0 Å². The quantitative estimate of drug-likeness (QED) is 0.794. The number of rotatable bonds is 3. The fourth-order valence-electron chi connectivity index (χ4n) is 2.29. The molecule has 1 aromatic heterocycles. The number of nitrogens with two attached hydrogens (primary N) is 1. The van der Waals surface area contributed by atoms with Crippen LogP contribution < -0.4 is 5.73 Å². The van der Waals surface area contributed by atoms with E-state index in [1.165, 1.54) is 22.6 Å². The Balaban J connectivity index is 2.28. The zero-order chi connectivity index (χ0) is 14.9. The summed E-state index contributed by atoms with van der Waals surface area (Å²) in [7, 11) is -1.53. The van der Waals surface area contributed by atoms with Crippen molar-refractivity contribution >= 4 is 27.2 Å². The van der Waals surface area contributed by atoms with E-state index in [1.54, 1.807) is 0 Å². The Kier molecular flexibility index (Phi) is 4.38. The molecule has 0 saturated carbocycles. The Bertz CT molecular complexity index is 600. The number of aromatic nitrogens is 1. The molecule has 0 aromatic carbocycles. The van der Waals surface area contributed by atoms with Gasteiger partial charge in [0.15, 0.2) is 0 Å². The summed E-state index contributed by atoms with van der Waals surface area (Å²) in [5.41, 5.74) is 5.88. The van der Waals surface area contributed by atoms with Crippen LogP contribution in [0.5, 0.6) is 0 Å². The van der Waals surface area contributed by atoms with Crippen molar-refractivity contribution in [2.45, 2.75) is 17.9 Å². The Labute approximate surface area is 124 Å². The number of likely N-dealkylation sites (N-methyl/N-ethyl adjacent to an activating group) is 1. The van der Waals surface area contributed by atoms with Crippen LogP contribution in [-0.2, 0) is 10.0 Å². The SMILES string of the molecule is CC1CN(C)CCN1S(=O)(=O)c1ccc(C(N)=S)nc1. The maximum Gasteiger partial charge on any atom is 0.244 e. The van der Waals surface area contributed by atoms with Crippen LogP contribution in [0.3, 0.4) is 0 Å². The molecule has 0 radical (unpaired) electrons. The lowest BCUT2D eigenvalue weighted by atomic mass is 10.2. The van der Waals surface area contributed by atoms with Crippen LogP contribution >= 0.6 is 12.2 Å². The molecule has 1 unspecified atom stereocenters. The summed E-state index contributed by atoms with van der Waals surface area (Å²) >= 11 is 4.81. The second kappa shape index (κ2) is 5.72. The van der Waals surface area contributed by atoms with Crippen LogP contribution in [0.1, 0.15) is 12.6 Å². The summed E-state index contributed by atoms with van der Waals surface area (Å²) in [6.07, 6.45) is 1.31. The largest absolute Gasteiger partial charge is 0.388 e. The first kappa shape index (κ1) is 15.3. The molecule has 1 aliphatic heterocycles. The molecule has 0 aliphatic carbocycles. The molecule has 6 nitrogen and oxygen atoms in total. The summed E-state index contributed by atoms with van der Waals surface area (Å²) in [6.45, 7) is 3.83. The molecule has 0 spiro atoms. The molecule has 1 saturated heterocycles. The third-order valence-electron chi connectivity index (χ3n) is 3.37. The highest BCUT2D eigenvalue weighted by molar-refractivity contribution is 7.89. The van der Waals surface area contributed by atoms with Crippen LogP contribution in [0.2, 0.25) is 0 Å². The van der Waals surface area contributed by atoms with E-state index in [-0.39, 0.29) is 15.9 Å². The summed E-state index contributed by atoms with van der Waals surface area (Å²) in [4.78, 5) is 6.44. The highest BCUT2D eigenvalue weighted by Gasteiger charge is 2.32. The van der Waals surface area contributed by atoms with Crippen LogP contribution in [0.4, 0.5) is 0 Å². The van der Waals surface area contributed by atoms with Crippen molar-refractivity contribution in [2.24, 2.45) is 5.73 Å². The first-order valence-electron chi connectivity index (χ1n) is 6.28. The van der Waals surface area contributed by atoms with Gasteiger partial charge in [0.25, 0.3) is 0 Å². The van der Waals surface area contributed by atoms with Gasteiger partial charge in [0, 0.05) is 31.9 Å². The molecular formula is C12H18N4O2S2. The smallest absolute Gasteiger partial charge is 0.244 e. The molecule has 1 fully saturated rings. The number of hydrogen-bond donors (Lipinski definition) is 1. The van der Waals surface area contributed by atoms with Crippen molar-refractivity contribution in [1.29, 1.82) is 0 Å². The van der Waals surface area contributed by atoms with Crippen LogP contribution in [0.15, 0.2) is 23.2 Å². The minimum atomic E-state index is -3.52. The lowest BCUT2D eigenvalue weighted by Crippen LogP contribution is -2.52.